The Kier molecular flexibility index (Phi) is 5.58. The maximum Gasteiger partial charge on any atom is 0.330 e. The molecule has 0 radical (unpaired) electrons. The summed E-state index contributed by atoms with van der Waals surface area (Å²) >= 11 is 0. The molecule has 0 unspecified atom stereocenters. The molecule has 0 aromatic heterocycles. The molecule has 0 saturated heterocycles. The first-order chi connectivity index (χ1) is 10.2. The van der Waals surface area contributed by atoms with E-state index >= 15 is 0 Å². The molecule has 21 heavy (non-hydrogen) atoms. The monoisotopic (exact) mass is 288 g/mol. The number of benzene rings is 1. The van der Waals surface area contributed by atoms with Crippen LogP contribution in [0.4, 0.5) is 0 Å². The van der Waals surface area contributed by atoms with Gasteiger partial charge in [0.25, 0.3) is 0 Å². The smallest absolute Gasteiger partial charge is 0.330 e. The number of hydrogen-bond donors (Lipinski definition) is 0. The molecule has 4 nitrogen and oxygen atoms in total. The van der Waals surface area contributed by atoms with Crippen molar-refractivity contribution in [3.8, 4) is 0 Å². The molecular weight excluding hydrogens is 268 g/mol. The van der Waals surface area contributed by atoms with Gasteiger partial charge in [0.2, 0.25) is 0 Å². The average Bonchev–Trinajstić information content (AvgIpc) is 3.31. The molecule has 0 spiro atoms. The van der Waals surface area contributed by atoms with Crippen LogP contribution in [0.1, 0.15) is 37.5 Å². The third-order valence-electron chi connectivity index (χ3n) is 3.11. The van der Waals surface area contributed by atoms with Crippen molar-refractivity contribution in [2.45, 2.75) is 26.4 Å². The van der Waals surface area contributed by atoms with Crippen molar-refractivity contribution in [3.05, 3.63) is 53.5 Å². The van der Waals surface area contributed by atoms with Gasteiger partial charge in [-0.25, -0.2) is 4.79 Å². The highest BCUT2D eigenvalue weighted by Gasteiger charge is 2.17. The van der Waals surface area contributed by atoms with Crippen LogP contribution in [0.2, 0.25) is 0 Å². The minimum Gasteiger partial charge on any atom is -0.463 e. The van der Waals surface area contributed by atoms with E-state index in [1.807, 2.05) is 24.3 Å². The first-order valence-corrected chi connectivity index (χ1v) is 7.15. The second-order valence-corrected chi connectivity index (χ2v) is 4.62. The van der Waals surface area contributed by atoms with Crippen LogP contribution in [0, 0.1) is 0 Å². The van der Waals surface area contributed by atoms with Crippen LogP contribution in [0.5, 0.6) is 0 Å². The Morgan fingerprint density at radius 3 is 2.76 bits per heavy atom. The van der Waals surface area contributed by atoms with Crippen molar-refractivity contribution in [2.75, 3.05) is 13.2 Å². The second kappa shape index (κ2) is 7.64. The first kappa shape index (κ1) is 15.3. The Balaban J connectivity index is 2.09. The van der Waals surface area contributed by atoms with Gasteiger partial charge in [0, 0.05) is 6.08 Å². The quantitative estimate of drug-likeness (QED) is 0.541. The average molecular weight is 288 g/mol. The number of hydrogen-bond acceptors (Lipinski definition) is 4. The lowest BCUT2D eigenvalue weighted by atomic mass is 10.00. The van der Waals surface area contributed by atoms with Crippen molar-refractivity contribution in [1.82, 2.24) is 0 Å². The topological polar surface area (TPSA) is 48.1 Å². The van der Waals surface area contributed by atoms with E-state index in [2.05, 4.69) is 6.92 Å². The molecule has 2 rings (SSSR count). The van der Waals surface area contributed by atoms with E-state index in [4.69, 9.17) is 14.2 Å². The highest BCUT2D eigenvalue weighted by atomic mass is 16.6. The first-order valence-electron chi connectivity index (χ1n) is 7.15. The van der Waals surface area contributed by atoms with E-state index in [-0.39, 0.29) is 12.1 Å². The van der Waals surface area contributed by atoms with Crippen molar-refractivity contribution in [1.29, 1.82) is 0 Å². The number of esters is 1. The number of carbonyl (C=O) groups excluding carboxylic acids is 1. The van der Waals surface area contributed by atoms with E-state index in [1.54, 1.807) is 19.3 Å². The summed E-state index contributed by atoms with van der Waals surface area (Å²) in [5.41, 5.74) is 2.02. The molecule has 1 atom stereocenters. The lowest BCUT2D eigenvalue weighted by Gasteiger charge is -2.17. The molecule has 0 fully saturated rings. The summed E-state index contributed by atoms with van der Waals surface area (Å²) in [5, 5.41) is 0. The number of carbonyl (C=O) groups is 1. The van der Waals surface area contributed by atoms with E-state index in [9.17, 15) is 4.79 Å². The third-order valence-corrected chi connectivity index (χ3v) is 3.11. The fraction of sp³-hybridized carbons (Fsp3) is 0.353. The molecule has 1 aliphatic heterocycles. The Morgan fingerprint density at radius 2 is 2.10 bits per heavy atom. The van der Waals surface area contributed by atoms with Gasteiger partial charge >= 0.3 is 5.97 Å². The molecule has 1 heterocycles. The van der Waals surface area contributed by atoms with Crippen molar-refractivity contribution in [3.63, 3.8) is 0 Å². The molecule has 0 saturated carbocycles. The molecule has 1 aliphatic rings. The summed E-state index contributed by atoms with van der Waals surface area (Å²) in [6.07, 6.45) is 5.71. The summed E-state index contributed by atoms with van der Waals surface area (Å²) in [4.78, 5) is 11.4. The van der Waals surface area contributed by atoms with Gasteiger partial charge < -0.3 is 14.2 Å². The SMILES string of the molecule is CCOC(=O)/C=C/c1ccccc1[C@@H](CC)OCC1=CO1. The number of rotatable bonds is 8. The van der Waals surface area contributed by atoms with Crippen LogP contribution in [-0.4, -0.2) is 19.2 Å². The maximum atomic E-state index is 11.4. The fourth-order valence-electron chi connectivity index (χ4n) is 2.02. The van der Waals surface area contributed by atoms with E-state index < -0.39 is 0 Å². The van der Waals surface area contributed by atoms with Crippen molar-refractivity contribution in [2.24, 2.45) is 0 Å². The highest BCUT2D eigenvalue weighted by Crippen LogP contribution is 2.27. The summed E-state index contributed by atoms with van der Waals surface area (Å²) in [6, 6.07) is 7.88. The predicted molar refractivity (Wildman–Crippen MR) is 80.3 cm³/mol. The molecule has 1 aromatic carbocycles. The van der Waals surface area contributed by atoms with Gasteiger partial charge in [-0.05, 0) is 30.5 Å². The zero-order valence-electron chi connectivity index (χ0n) is 12.4. The molecule has 1 aromatic rings. The number of ether oxygens (including phenoxy) is 3. The van der Waals surface area contributed by atoms with Gasteiger partial charge in [-0.3, -0.25) is 0 Å². The summed E-state index contributed by atoms with van der Waals surface area (Å²) in [7, 11) is 0. The van der Waals surface area contributed by atoms with Crippen LogP contribution in [0.25, 0.3) is 6.08 Å². The van der Waals surface area contributed by atoms with Gasteiger partial charge in [-0.2, -0.15) is 0 Å². The van der Waals surface area contributed by atoms with Gasteiger partial charge in [0.05, 0.1) is 12.7 Å². The van der Waals surface area contributed by atoms with Crippen LogP contribution in [-0.2, 0) is 19.0 Å². The van der Waals surface area contributed by atoms with E-state index in [1.165, 1.54) is 6.08 Å². The van der Waals surface area contributed by atoms with Gasteiger partial charge in [-0.15, -0.1) is 0 Å². The minimum atomic E-state index is -0.335. The third kappa shape index (κ3) is 4.76. The Labute approximate surface area is 125 Å². The Morgan fingerprint density at radius 1 is 1.33 bits per heavy atom. The normalized spacial score (nSPS) is 14.5. The standard InChI is InChI=1S/C17H20O4/c1-3-16(21-12-14-11-20-14)15-8-6-5-7-13(15)9-10-17(18)19-4-2/h5-11,16H,3-4,12H2,1-2H3/b10-9+/t16-/m1/s1. The maximum absolute atomic E-state index is 11.4. The van der Waals surface area contributed by atoms with Crippen molar-refractivity contribution >= 4 is 12.0 Å². The second-order valence-electron chi connectivity index (χ2n) is 4.62. The van der Waals surface area contributed by atoms with Crippen molar-refractivity contribution < 1.29 is 19.0 Å². The highest BCUT2D eigenvalue weighted by molar-refractivity contribution is 5.87. The lowest BCUT2D eigenvalue weighted by molar-refractivity contribution is -0.137. The fourth-order valence-corrected chi connectivity index (χ4v) is 2.02. The summed E-state index contributed by atoms with van der Waals surface area (Å²) in [6.45, 7) is 4.71. The van der Waals surface area contributed by atoms with Crippen LogP contribution in [0.15, 0.2) is 42.4 Å². The minimum absolute atomic E-state index is 0.0295. The van der Waals surface area contributed by atoms with E-state index in [0.29, 0.717) is 13.2 Å². The lowest BCUT2D eigenvalue weighted by Crippen LogP contribution is -2.06. The molecule has 0 amide bonds. The molecule has 0 N–H and O–H groups in total. The molecule has 4 heteroatoms. The van der Waals surface area contributed by atoms with Gasteiger partial charge in [0.1, 0.15) is 12.9 Å². The zero-order valence-corrected chi connectivity index (χ0v) is 12.4. The predicted octanol–water partition coefficient (Wildman–Crippen LogP) is 3.60. The molecular formula is C17H20O4. The summed E-state index contributed by atoms with van der Waals surface area (Å²) in [5.74, 6) is 0.533. The molecule has 0 bridgehead atoms. The van der Waals surface area contributed by atoms with Crippen LogP contribution < -0.4 is 0 Å². The van der Waals surface area contributed by atoms with Crippen LogP contribution in [0.3, 0.4) is 0 Å². The largest absolute Gasteiger partial charge is 0.463 e. The summed E-state index contributed by atoms with van der Waals surface area (Å²) < 4.78 is 15.7. The Bertz CT molecular complexity index is 545. The molecule has 0 aliphatic carbocycles. The van der Waals surface area contributed by atoms with E-state index in [0.717, 1.165) is 23.3 Å². The molecule has 112 valence electrons. The van der Waals surface area contributed by atoms with Crippen LogP contribution >= 0.6 is 0 Å². The Hall–Kier alpha value is -2.07. The van der Waals surface area contributed by atoms with Gasteiger partial charge in [0.15, 0.2) is 5.76 Å². The van der Waals surface area contributed by atoms with Gasteiger partial charge in [-0.1, -0.05) is 31.2 Å². The zero-order chi connectivity index (χ0) is 15.1.